The van der Waals surface area contributed by atoms with Crippen LogP contribution in [-0.4, -0.2) is 17.3 Å². The summed E-state index contributed by atoms with van der Waals surface area (Å²) in [4.78, 5) is 0. The summed E-state index contributed by atoms with van der Waals surface area (Å²) in [6, 6.07) is 3.38. The number of benzene rings is 1. The van der Waals surface area contributed by atoms with E-state index in [2.05, 4.69) is 9.47 Å². The molecule has 1 aromatic rings. The predicted octanol–water partition coefficient (Wildman–Crippen LogP) is 2.87. The van der Waals surface area contributed by atoms with Gasteiger partial charge in [-0.3, -0.25) is 0 Å². The molecule has 0 radical (unpaired) electrons. The fraction of sp³-hybridized carbons (Fsp3) is 0.455. The standard InChI is InChI=1S/C11H10F4O3/c1-9(2,16)6-3-4-7-8(5-6)18-11(14,15)10(12,13)17-7/h3-5,16H,1-2H3. The SMILES string of the molecule is CC(C)(O)c1ccc2c(c1)OC(F)(F)C(F)(F)O2. The molecule has 1 N–H and O–H groups in total. The minimum Gasteiger partial charge on any atom is -0.421 e. The van der Waals surface area contributed by atoms with Crippen molar-refractivity contribution in [2.75, 3.05) is 0 Å². The smallest absolute Gasteiger partial charge is 0.421 e. The Bertz CT molecular complexity index is 480. The normalized spacial score (nSPS) is 20.6. The van der Waals surface area contributed by atoms with Crippen LogP contribution >= 0.6 is 0 Å². The van der Waals surface area contributed by atoms with Gasteiger partial charge in [-0.2, -0.15) is 17.6 Å². The van der Waals surface area contributed by atoms with Crippen molar-refractivity contribution in [2.45, 2.75) is 31.7 Å². The van der Waals surface area contributed by atoms with Gasteiger partial charge in [0.2, 0.25) is 0 Å². The number of rotatable bonds is 1. The number of halogens is 4. The van der Waals surface area contributed by atoms with Crippen LogP contribution in [0.4, 0.5) is 17.6 Å². The molecule has 0 aromatic heterocycles. The van der Waals surface area contributed by atoms with Gasteiger partial charge in [-0.25, -0.2) is 0 Å². The average Bonchev–Trinajstić information content (AvgIpc) is 2.16. The number of hydrogen-bond donors (Lipinski definition) is 1. The van der Waals surface area contributed by atoms with Crippen LogP contribution in [0.3, 0.4) is 0 Å². The maximum Gasteiger partial charge on any atom is 0.507 e. The van der Waals surface area contributed by atoms with Crippen LogP contribution in [0.5, 0.6) is 11.5 Å². The highest BCUT2D eigenvalue weighted by molar-refractivity contribution is 5.46. The summed E-state index contributed by atoms with van der Waals surface area (Å²) in [7, 11) is 0. The van der Waals surface area contributed by atoms with Crippen LogP contribution < -0.4 is 9.47 Å². The first-order valence-corrected chi connectivity index (χ1v) is 5.03. The van der Waals surface area contributed by atoms with E-state index in [1.54, 1.807) is 0 Å². The molecule has 0 amide bonds. The minimum absolute atomic E-state index is 0.242. The Morgan fingerprint density at radius 2 is 1.50 bits per heavy atom. The van der Waals surface area contributed by atoms with Crippen molar-refractivity contribution in [2.24, 2.45) is 0 Å². The van der Waals surface area contributed by atoms with Crippen molar-refractivity contribution >= 4 is 0 Å². The molecule has 1 aromatic carbocycles. The second-order valence-electron chi connectivity index (χ2n) is 4.46. The first-order chi connectivity index (χ1) is 8.03. The summed E-state index contributed by atoms with van der Waals surface area (Å²) < 4.78 is 59.4. The summed E-state index contributed by atoms with van der Waals surface area (Å²) in [5.41, 5.74) is -1.07. The van der Waals surface area contributed by atoms with E-state index in [0.29, 0.717) is 0 Å². The Hall–Kier alpha value is -1.50. The van der Waals surface area contributed by atoms with E-state index in [1.807, 2.05) is 0 Å². The summed E-state index contributed by atoms with van der Waals surface area (Å²) in [6.07, 6.45) is -9.48. The monoisotopic (exact) mass is 266 g/mol. The molecule has 100 valence electrons. The van der Waals surface area contributed by atoms with E-state index in [9.17, 15) is 22.7 Å². The van der Waals surface area contributed by atoms with E-state index in [-0.39, 0.29) is 5.56 Å². The molecule has 0 aliphatic carbocycles. The molecule has 0 bridgehead atoms. The van der Waals surface area contributed by atoms with Gasteiger partial charge in [0.05, 0.1) is 5.60 Å². The second kappa shape index (κ2) is 3.50. The van der Waals surface area contributed by atoms with Crippen LogP contribution in [0.2, 0.25) is 0 Å². The molecule has 0 unspecified atom stereocenters. The molecule has 0 atom stereocenters. The molecule has 2 rings (SSSR count). The maximum absolute atomic E-state index is 12.9. The van der Waals surface area contributed by atoms with Gasteiger partial charge >= 0.3 is 12.2 Å². The first-order valence-electron chi connectivity index (χ1n) is 5.03. The van der Waals surface area contributed by atoms with E-state index in [0.717, 1.165) is 12.1 Å². The van der Waals surface area contributed by atoms with Crippen LogP contribution in [-0.2, 0) is 5.60 Å². The molecule has 3 nitrogen and oxygen atoms in total. The van der Waals surface area contributed by atoms with Gasteiger partial charge in [-0.05, 0) is 31.5 Å². The van der Waals surface area contributed by atoms with E-state index in [1.165, 1.54) is 19.9 Å². The molecule has 1 aliphatic heterocycles. The highest BCUT2D eigenvalue weighted by Gasteiger charge is 2.65. The van der Waals surface area contributed by atoms with Gasteiger partial charge in [0.1, 0.15) is 0 Å². The fourth-order valence-electron chi connectivity index (χ4n) is 1.45. The summed E-state index contributed by atoms with van der Waals surface area (Å²) >= 11 is 0. The van der Waals surface area contributed by atoms with Crippen LogP contribution in [0.25, 0.3) is 0 Å². The van der Waals surface area contributed by atoms with E-state index in [4.69, 9.17) is 0 Å². The number of alkyl halides is 4. The topological polar surface area (TPSA) is 38.7 Å². The third kappa shape index (κ3) is 1.98. The van der Waals surface area contributed by atoms with Crippen molar-refractivity contribution < 1.29 is 32.1 Å². The molecule has 1 aliphatic rings. The quantitative estimate of drug-likeness (QED) is 0.794. The number of hydrogen-bond acceptors (Lipinski definition) is 3. The number of aliphatic hydroxyl groups is 1. The third-order valence-electron chi connectivity index (χ3n) is 2.47. The Balaban J connectivity index is 2.46. The number of ether oxygens (including phenoxy) is 2. The van der Waals surface area contributed by atoms with Gasteiger partial charge in [0, 0.05) is 0 Å². The van der Waals surface area contributed by atoms with Gasteiger partial charge in [-0.15, -0.1) is 0 Å². The molecule has 0 saturated carbocycles. The molecule has 0 saturated heterocycles. The zero-order valence-corrected chi connectivity index (χ0v) is 9.51. The van der Waals surface area contributed by atoms with Crippen molar-refractivity contribution in [3.63, 3.8) is 0 Å². The van der Waals surface area contributed by atoms with Crippen LogP contribution in [0.1, 0.15) is 19.4 Å². The molecule has 1 heterocycles. The van der Waals surface area contributed by atoms with Crippen LogP contribution in [0.15, 0.2) is 18.2 Å². The van der Waals surface area contributed by atoms with Gasteiger partial charge in [-0.1, -0.05) is 6.07 Å². The molecular weight excluding hydrogens is 256 g/mol. The van der Waals surface area contributed by atoms with E-state index >= 15 is 0 Å². The van der Waals surface area contributed by atoms with E-state index < -0.39 is 29.3 Å². The zero-order chi connectivity index (χ0) is 13.8. The van der Waals surface area contributed by atoms with Gasteiger partial charge in [0.25, 0.3) is 0 Å². The lowest BCUT2D eigenvalue weighted by molar-refractivity contribution is -0.391. The Kier molecular flexibility index (Phi) is 2.52. The van der Waals surface area contributed by atoms with Crippen molar-refractivity contribution in [3.05, 3.63) is 23.8 Å². The third-order valence-corrected chi connectivity index (χ3v) is 2.47. The Labute approximate surface area is 99.9 Å². The fourth-order valence-corrected chi connectivity index (χ4v) is 1.45. The molecule has 7 heteroatoms. The molecular formula is C11H10F4O3. The largest absolute Gasteiger partial charge is 0.507 e. The minimum atomic E-state index is -4.75. The van der Waals surface area contributed by atoms with Gasteiger partial charge < -0.3 is 14.6 Å². The van der Waals surface area contributed by atoms with Crippen molar-refractivity contribution in [1.29, 1.82) is 0 Å². The maximum atomic E-state index is 12.9. The molecule has 18 heavy (non-hydrogen) atoms. The van der Waals surface area contributed by atoms with Gasteiger partial charge in [0.15, 0.2) is 11.5 Å². The predicted molar refractivity (Wildman–Crippen MR) is 52.8 cm³/mol. The van der Waals surface area contributed by atoms with Crippen molar-refractivity contribution in [3.8, 4) is 11.5 Å². The van der Waals surface area contributed by atoms with Crippen LogP contribution in [0, 0.1) is 0 Å². The summed E-state index contributed by atoms with van der Waals surface area (Å²) in [5.74, 6) is -1.04. The lowest BCUT2D eigenvalue weighted by atomic mass is 9.98. The Morgan fingerprint density at radius 3 is 2.00 bits per heavy atom. The zero-order valence-electron chi connectivity index (χ0n) is 9.51. The molecule has 0 spiro atoms. The molecule has 0 fully saturated rings. The summed E-state index contributed by atoms with van der Waals surface area (Å²) in [6.45, 7) is 2.84. The van der Waals surface area contributed by atoms with Crippen molar-refractivity contribution in [1.82, 2.24) is 0 Å². The Morgan fingerprint density at radius 1 is 1.00 bits per heavy atom. The lowest BCUT2D eigenvalue weighted by Crippen LogP contribution is -2.52. The summed E-state index contributed by atoms with van der Waals surface area (Å²) in [5, 5.41) is 9.69. The lowest BCUT2D eigenvalue weighted by Gasteiger charge is -2.32. The highest BCUT2D eigenvalue weighted by Crippen LogP contribution is 2.47. The first kappa shape index (κ1) is 12.9. The average molecular weight is 266 g/mol. The number of fused-ring (bicyclic) bond motifs is 1. The highest BCUT2D eigenvalue weighted by atomic mass is 19.3. The second-order valence-corrected chi connectivity index (χ2v) is 4.46.